The predicted molar refractivity (Wildman–Crippen MR) is 62.2 cm³/mol. The van der Waals surface area contributed by atoms with Crippen molar-refractivity contribution >= 4 is 11.9 Å². The number of hydrogen-bond acceptors (Lipinski definition) is 2. The minimum absolute atomic E-state index is 0.0724. The van der Waals surface area contributed by atoms with Gasteiger partial charge in [0.15, 0.2) is 0 Å². The zero-order valence-electron chi connectivity index (χ0n) is 9.80. The van der Waals surface area contributed by atoms with Gasteiger partial charge in [0.1, 0.15) is 5.82 Å². The van der Waals surface area contributed by atoms with Gasteiger partial charge in [-0.3, -0.25) is 9.59 Å². The Morgan fingerprint density at radius 3 is 2.94 bits per heavy atom. The van der Waals surface area contributed by atoms with Gasteiger partial charge in [-0.25, -0.2) is 4.39 Å². The van der Waals surface area contributed by atoms with Gasteiger partial charge in [0, 0.05) is 19.5 Å². The second kappa shape index (κ2) is 5.16. The van der Waals surface area contributed by atoms with E-state index in [1.54, 1.807) is 12.1 Å². The number of halogens is 1. The quantitative estimate of drug-likeness (QED) is 0.888. The molecule has 1 aliphatic heterocycles. The predicted octanol–water partition coefficient (Wildman–Crippen LogP) is 1.65. The molecule has 1 aliphatic rings. The smallest absolute Gasteiger partial charge is 0.308 e. The number of benzene rings is 1. The number of piperidine rings is 1. The van der Waals surface area contributed by atoms with Crippen molar-refractivity contribution in [2.24, 2.45) is 5.92 Å². The van der Waals surface area contributed by atoms with E-state index in [1.165, 1.54) is 17.0 Å². The maximum absolute atomic E-state index is 13.0. The lowest BCUT2D eigenvalue weighted by molar-refractivity contribution is -0.147. The highest BCUT2D eigenvalue weighted by Gasteiger charge is 2.29. The van der Waals surface area contributed by atoms with Gasteiger partial charge in [0.2, 0.25) is 5.91 Å². The van der Waals surface area contributed by atoms with Crippen molar-refractivity contribution in [3.8, 4) is 0 Å². The largest absolute Gasteiger partial charge is 0.481 e. The van der Waals surface area contributed by atoms with Crippen LogP contribution in [0.4, 0.5) is 4.39 Å². The Balaban J connectivity index is 2.07. The molecule has 4 nitrogen and oxygen atoms in total. The van der Waals surface area contributed by atoms with Crippen molar-refractivity contribution in [1.82, 2.24) is 4.90 Å². The molecule has 1 amide bonds. The number of carbonyl (C=O) groups excluding carboxylic acids is 1. The number of hydrogen-bond donors (Lipinski definition) is 1. The maximum atomic E-state index is 13.0. The van der Waals surface area contributed by atoms with E-state index >= 15 is 0 Å². The van der Waals surface area contributed by atoms with Crippen LogP contribution in [-0.4, -0.2) is 28.4 Å². The van der Waals surface area contributed by atoms with Crippen molar-refractivity contribution in [1.29, 1.82) is 0 Å². The number of aliphatic carboxylic acids is 1. The summed E-state index contributed by atoms with van der Waals surface area (Å²) < 4.78 is 13.0. The van der Waals surface area contributed by atoms with Crippen LogP contribution in [0, 0.1) is 11.7 Å². The molecule has 18 heavy (non-hydrogen) atoms. The van der Waals surface area contributed by atoms with Crippen LogP contribution in [0.5, 0.6) is 0 Å². The van der Waals surface area contributed by atoms with Crippen LogP contribution in [0.15, 0.2) is 24.3 Å². The fourth-order valence-corrected chi connectivity index (χ4v) is 2.12. The maximum Gasteiger partial charge on any atom is 0.308 e. The lowest BCUT2D eigenvalue weighted by Gasteiger charge is -2.30. The first-order chi connectivity index (χ1) is 8.56. The minimum atomic E-state index is -0.883. The first-order valence-electron chi connectivity index (χ1n) is 5.81. The van der Waals surface area contributed by atoms with Gasteiger partial charge in [-0.05, 0) is 24.1 Å². The summed E-state index contributed by atoms with van der Waals surface area (Å²) in [5.41, 5.74) is 0.675. The number of likely N-dealkylation sites (tertiary alicyclic amines) is 1. The Morgan fingerprint density at radius 1 is 1.50 bits per heavy atom. The van der Waals surface area contributed by atoms with E-state index in [2.05, 4.69) is 0 Å². The molecule has 1 saturated heterocycles. The number of carbonyl (C=O) groups is 2. The van der Waals surface area contributed by atoms with E-state index in [9.17, 15) is 14.0 Å². The first kappa shape index (κ1) is 12.5. The second-order valence-electron chi connectivity index (χ2n) is 4.48. The molecule has 2 rings (SSSR count). The van der Waals surface area contributed by atoms with Crippen molar-refractivity contribution in [3.63, 3.8) is 0 Å². The molecule has 0 bridgehead atoms. The Hall–Kier alpha value is -1.91. The lowest BCUT2D eigenvalue weighted by atomic mass is 9.97. The topological polar surface area (TPSA) is 57.6 Å². The van der Waals surface area contributed by atoms with Crippen LogP contribution < -0.4 is 0 Å². The third-order valence-corrected chi connectivity index (χ3v) is 3.11. The molecule has 1 aromatic carbocycles. The number of rotatable bonds is 3. The minimum Gasteiger partial charge on any atom is -0.481 e. The Morgan fingerprint density at radius 2 is 2.28 bits per heavy atom. The van der Waals surface area contributed by atoms with Gasteiger partial charge >= 0.3 is 5.97 Å². The Labute approximate surface area is 104 Å². The molecule has 0 radical (unpaired) electrons. The molecular weight excluding hydrogens is 237 g/mol. The molecule has 1 aromatic rings. The van der Waals surface area contributed by atoms with E-state index in [4.69, 9.17) is 5.11 Å². The van der Waals surface area contributed by atoms with Crippen molar-refractivity contribution in [3.05, 3.63) is 35.6 Å². The summed E-state index contributed by atoms with van der Waals surface area (Å²) in [5.74, 6) is -1.83. The van der Waals surface area contributed by atoms with Crippen LogP contribution in [0.1, 0.15) is 18.4 Å². The van der Waals surface area contributed by atoms with E-state index in [0.717, 1.165) is 0 Å². The SMILES string of the molecule is O=C(O)[C@H]1CCC(=O)N(Cc2cccc(F)c2)C1. The van der Waals surface area contributed by atoms with E-state index < -0.39 is 11.9 Å². The molecule has 1 fully saturated rings. The summed E-state index contributed by atoms with van der Waals surface area (Å²) in [5, 5.41) is 8.95. The van der Waals surface area contributed by atoms with Gasteiger partial charge in [-0.1, -0.05) is 12.1 Å². The van der Waals surface area contributed by atoms with Gasteiger partial charge in [-0.15, -0.1) is 0 Å². The fraction of sp³-hybridized carbons (Fsp3) is 0.385. The van der Waals surface area contributed by atoms with Crippen LogP contribution in [0.2, 0.25) is 0 Å². The summed E-state index contributed by atoms with van der Waals surface area (Å²) in [7, 11) is 0. The van der Waals surface area contributed by atoms with Crippen molar-refractivity contribution in [2.45, 2.75) is 19.4 Å². The highest BCUT2D eigenvalue weighted by Crippen LogP contribution is 2.20. The standard InChI is InChI=1S/C13H14FNO3/c14-11-3-1-2-9(6-11)7-15-8-10(13(17)18)4-5-12(15)16/h1-3,6,10H,4-5,7-8H2,(H,17,18)/t10-/m0/s1. The highest BCUT2D eigenvalue weighted by molar-refractivity contribution is 5.80. The Bertz CT molecular complexity index is 475. The number of carboxylic acids is 1. The monoisotopic (exact) mass is 251 g/mol. The van der Waals surface area contributed by atoms with Gasteiger partial charge in [0.05, 0.1) is 5.92 Å². The molecule has 96 valence electrons. The van der Waals surface area contributed by atoms with Gasteiger partial charge in [0.25, 0.3) is 0 Å². The second-order valence-corrected chi connectivity index (χ2v) is 4.48. The molecule has 1 N–H and O–H groups in total. The van der Waals surface area contributed by atoms with Crippen LogP contribution >= 0.6 is 0 Å². The zero-order chi connectivity index (χ0) is 13.1. The van der Waals surface area contributed by atoms with Crippen molar-refractivity contribution in [2.75, 3.05) is 6.54 Å². The summed E-state index contributed by atoms with van der Waals surface area (Å²) in [6, 6.07) is 5.99. The highest BCUT2D eigenvalue weighted by atomic mass is 19.1. The fourth-order valence-electron chi connectivity index (χ4n) is 2.12. The van der Waals surface area contributed by atoms with E-state index in [-0.39, 0.29) is 31.2 Å². The van der Waals surface area contributed by atoms with Crippen molar-refractivity contribution < 1.29 is 19.1 Å². The molecule has 5 heteroatoms. The molecule has 0 aromatic heterocycles. The normalized spacial score (nSPS) is 19.9. The third kappa shape index (κ3) is 2.85. The van der Waals surface area contributed by atoms with E-state index in [1.807, 2.05) is 0 Å². The van der Waals surface area contributed by atoms with Crippen LogP contribution in [0.25, 0.3) is 0 Å². The van der Waals surface area contributed by atoms with Crippen LogP contribution in [-0.2, 0) is 16.1 Å². The molecule has 0 saturated carbocycles. The number of nitrogens with zero attached hydrogens (tertiary/aromatic N) is 1. The number of carboxylic acid groups (broad SMARTS) is 1. The third-order valence-electron chi connectivity index (χ3n) is 3.11. The molecule has 0 aliphatic carbocycles. The van der Waals surface area contributed by atoms with Gasteiger partial charge < -0.3 is 10.0 Å². The Kier molecular flexibility index (Phi) is 3.60. The first-order valence-corrected chi connectivity index (χ1v) is 5.81. The van der Waals surface area contributed by atoms with Gasteiger partial charge in [-0.2, -0.15) is 0 Å². The number of amides is 1. The summed E-state index contributed by atoms with van der Waals surface area (Å²) in [4.78, 5) is 24.1. The van der Waals surface area contributed by atoms with Crippen LogP contribution in [0.3, 0.4) is 0 Å². The van der Waals surface area contributed by atoms with E-state index in [0.29, 0.717) is 12.0 Å². The molecular formula is C13H14FNO3. The lowest BCUT2D eigenvalue weighted by Crippen LogP contribution is -2.42. The average Bonchev–Trinajstić information content (AvgIpc) is 2.31. The average molecular weight is 251 g/mol. The summed E-state index contributed by atoms with van der Waals surface area (Å²) in [6.07, 6.45) is 0.625. The molecule has 1 heterocycles. The zero-order valence-corrected chi connectivity index (χ0v) is 9.80. The summed E-state index contributed by atoms with van der Waals surface area (Å²) in [6.45, 7) is 0.463. The molecule has 0 unspecified atom stereocenters. The molecule has 1 atom stereocenters. The summed E-state index contributed by atoms with van der Waals surface area (Å²) >= 11 is 0. The molecule has 0 spiro atoms.